The van der Waals surface area contributed by atoms with Crippen LogP contribution >= 0.6 is 0 Å². The molecule has 0 aliphatic carbocycles. The lowest BCUT2D eigenvalue weighted by atomic mass is 10.0. The molecule has 0 saturated carbocycles. The molecule has 1 heterocycles. The van der Waals surface area contributed by atoms with Gasteiger partial charge in [-0.05, 0) is 29.7 Å². The van der Waals surface area contributed by atoms with Crippen LogP contribution in [0.5, 0.6) is 5.75 Å². The number of carbonyl (C=O) groups is 1. The van der Waals surface area contributed by atoms with E-state index in [9.17, 15) is 4.79 Å². The summed E-state index contributed by atoms with van der Waals surface area (Å²) < 4.78 is 10.6. The Morgan fingerprint density at radius 2 is 1.91 bits per heavy atom. The number of fused-ring (bicyclic) bond motifs is 1. The maximum atomic E-state index is 12.4. The van der Waals surface area contributed by atoms with Gasteiger partial charge in [0, 0.05) is 23.9 Å². The summed E-state index contributed by atoms with van der Waals surface area (Å²) >= 11 is 0. The number of amides is 1. The number of furan rings is 1. The fraction of sp³-hybridized carbons (Fsp3) is 0.167. The van der Waals surface area contributed by atoms with Gasteiger partial charge in [0.25, 0.3) is 5.91 Å². The highest BCUT2D eigenvalue weighted by molar-refractivity contribution is 6.08. The van der Waals surface area contributed by atoms with Crippen molar-refractivity contribution in [2.45, 2.75) is 6.42 Å². The molecule has 3 aromatic rings. The molecule has 0 atom stereocenters. The summed E-state index contributed by atoms with van der Waals surface area (Å²) in [5.74, 6) is 1.54. The first kappa shape index (κ1) is 14.2. The summed E-state index contributed by atoms with van der Waals surface area (Å²) in [6.07, 6.45) is 2.31. The Hall–Kier alpha value is -2.75. The Balaban J connectivity index is 1.79. The van der Waals surface area contributed by atoms with Gasteiger partial charge in [-0.25, -0.2) is 0 Å². The largest absolute Gasteiger partial charge is 0.496 e. The zero-order valence-electron chi connectivity index (χ0n) is 12.3. The van der Waals surface area contributed by atoms with Crippen LogP contribution in [0.2, 0.25) is 0 Å². The van der Waals surface area contributed by atoms with E-state index in [4.69, 9.17) is 9.15 Å². The van der Waals surface area contributed by atoms with Crippen LogP contribution in [-0.4, -0.2) is 19.6 Å². The Labute approximate surface area is 128 Å². The molecule has 0 aliphatic heterocycles. The van der Waals surface area contributed by atoms with Crippen molar-refractivity contribution in [2.75, 3.05) is 13.7 Å². The van der Waals surface area contributed by atoms with Gasteiger partial charge in [-0.1, -0.05) is 24.3 Å². The van der Waals surface area contributed by atoms with Gasteiger partial charge in [-0.15, -0.1) is 0 Å². The van der Waals surface area contributed by atoms with Crippen molar-refractivity contribution in [1.82, 2.24) is 5.32 Å². The lowest BCUT2D eigenvalue weighted by Gasteiger charge is -2.10. The molecule has 22 heavy (non-hydrogen) atoms. The zero-order valence-corrected chi connectivity index (χ0v) is 12.3. The highest BCUT2D eigenvalue weighted by atomic mass is 16.5. The van der Waals surface area contributed by atoms with Gasteiger partial charge in [-0.3, -0.25) is 4.79 Å². The van der Waals surface area contributed by atoms with Crippen LogP contribution in [0.25, 0.3) is 10.8 Å². The van der Waals surface area contributed by atoms with E-state index in [-0.39, 0.29) is 5.91 Å². The van der Waals surface area contributed by atoms with Crippen molar-refractivity contribution >= 4 is 16.7 Å². The number of carbonyl (C=O) groups excluding carboxylic acids is 1. The van der Waals surface area contributed by atoms with Crippen molar-refractivity contribution in [3.63, 3.8) is 0 Å². The predicted octanol–water partition coefficient (Wildman–Crippen LogP) is 3.41. The second-order valence-corrected chi connectivity index (χ2v) is 4.95. The summed E-state index contributed by atoms with van der Waals surface area (Å²) in [6.45, 7) is 0.534. The van der Waals surface area contributed by atoms with Crippen molar-refractivity contribution in [1.29, 1.82) is 0 Å². The van der Waals surface area contributed by atoms with Crippen molar-refractivity contribution in [3.05, 3.63) is 66.1 Å². The average molecular weight is 295 g/mol. The first-order valence-electron chi connectivity index (χ1n) is 7.16. The summed E-state index contributed by atoms with van der Waals surface area (Å²) in [5, 5.41) is 4.75. The van der Waals surface area contributed by atoms with Crippen molar-refractivity contribution < 1.29 is 13.9 Å². The first-order chi connectivity index (χ1) is 10.8. The zero-order chi connectivity index (χ0) is 15.4. The van der Waals surface area contributed by atoms with E-state index in [1.807, 2.05) is 42.5 Å². The number of methoxy groups -OCH3 is 1. The molecule has 0 saturated heterocycles. The molecular weight excluding hydrogens is 278 g/mol. The lowest BCUT2D eigenvalue weighted by molar-refractivity contribution is 0.0955. The normalized spacial score (nSPS) is 10.6. The number of benzene rings is 2. The molecule has 0 fully saturated rings. The molecule has 4 nitrogen and oxygen atoms in total. The second-order valence-electron chi connectivity index (χ2n) is 4.95. The minimum Gasteiger partial charge on any atom is -0.496 e. The standard InChI is InChI=1S/C18H17NO3/c1-21-17-9-8-16(14-6-2-3-7-15(14)17)18(20)19-11-10-13-5-4-12-22-13/h2-9,12H,10-11H2,1H3,(H,19,20). The lowest BCUT2D eigenvalue weighted by Crippen LogP contribution is -2.25. The number of nitrogens with one attached hydrogen (secondary N) is 1. The molecule has 112 valence electrons. The number of hydrogen-bond acceptors (Lipinski definition) is 3. The highest BCUT2D eigenvalue weighted by Gasteiger charge is 2.12. The van der Waals surface area contributed by atoms with Crippen molar-refractivity contribution in [2.24, 2.45) is 0 Å². The third kappa shape index (κ3) is 2.81. The molecular formula is C18H17NO3. The Bertz CT molecular complexity index is 778. The molecule has 2 aromatic carbocycles. The van der Waals surface area contributed by atoms with Crippen LogP contribution in [-0.2, 0) is 6.42 Å². The molecule has 0 bridgehead atoms. The minimum atomic E-state index is -0.0922. The number of ether oxygens (including phenoxy) is 1. The Kier molecular flexibility index (Phi) is 4.10. The Morgan fingerprint density at radius 3 is 2.64 bits per heavy atom. The number of hydrogen-bond donors (Lipinski definition) is 1. The van der Waals surface area contributed by atoms with Gasteiger partial charge in [-0.2, -0.15) is 0 Å². The van der Waals surface area contributed by atoms with E-state index in [0.717, 1.165) is 22.3 Å². The van der Waals surface area contributed by atoms with Gasteiger partial charge < -0.3 is 14.5 Å². The SMILES string of the molecule is COc1ccc(C(=O)NCCc2ccco2)c2ccccc12. The molecule has 0 unspecified atom stereocenters. The maximum absolute atomic E-state index is 12.4. The second kappa shape index (κ2) is 6.35. The van der Waals surface area contributed by atoms with E-state index in [1.165, 1.54) is 0 Å². The highest BCUT2D eigenvalue weighted by Crippen LogP contribution is 2.28. The molecule has 1 N–H and O–H groups in total. The quantitative estimate of drug-likeness (QED) is 0.784. The van der Waals surface area contributed by atoms with Crippen LogP contribution in [0.1, 0.15) is 16.1 Å². The molecule has 4 heteroatoms. The maximum Gasteiger partial charge on any atom is 0.251 e. The van der Waals surface area contributed by atoms with E-state index >= 15 is 0 Å². The van der Waals surface area contributed by atoms with Crippen LogP contribution in [0, 0.1) is 0 Å². The fourth-order valence-corrected chi connectivity index (χ4v) is 2.50. The van der Waals surface area contributed by atoms with E-state index in [1.54, 1.807) is 19.4 Å². The van der Waals surface area contributed by atoms with Gasteiger partial charge in [0.2, 0.25) is 0 Å². The van der Waals surface area contributed by atoms with Gasteiger partial charge in [0.1, 0.15) is 11.5 Å². The monoisotopic (exact) mass is 295 g/mol. The summed E-state index contributed by atoms with van der Waals surface area (Å²) in [5.41, 5.74) is 0.649. The summed E-state index contributed by atoms with van der Waals surface area (Å²) in [7, 11) is 1.63. The van der Waals surface area contributed by atoms with Crippen LogP contribution in [0.15, 0.2) is 59.2 Å². The van der Waals surface area contributed by atoms with Gasteiger partial charge in [0.05, 0.1) is 13.4 Å². The molecule has 3 rings (SSSR count). The topological polar surface area (TPSA) is 51.5 Å². The predicted molar refractivity (Wildman–Crippen MR) is 85.2 cm³/mol. The van der Waals surface area contributed by atoms with Gasteiger partial charge in [0.15, 0.2) is 0 Å². The summed E-state index contributed by atoms with van der Waals surface area (Å²) in [4.78, 5) is 12.4. The Morgan fingerprint density at radius 1 is 1.09 bits per heavy atom. The molecule has 0 spiro atoms. The van der Waals surface area contributed by atoms with Crippen LogP contribution in [0.4, 0.5) is 0 Å². The third-order valence-electron chi connectivity index (χ3n) is 3.59. The van der Waals surface area contributed by atoms with Crippen LogP contribution < -0.4 is 10.1 Å². The van der Waals surface area contributed by atoms with E-state index in [0.29, 0.717) is 18.5 Å². The van der Waals surface area contributed by atoms with Crippen LogP contribution in [0.3, 0.4) is 0 Å². The first-order valence-corrected chi connectivity index (χ1v) is 7.16. The van der Waals surface area contributed by atoms with Gasteiger partial charge >= 0.3 is 0 Å². The average Bonchev–Trinajstić information content (AvgIpc) is 3.07. The fourth-order valence-electron chi connectivity index (χ4n) is 2.50. The molecule has 0 radical (unpaired) electrons. The number of rotatable bonds is 5. The minimum absolute atomic E-state index is 0.0922. The summed E-state index contributed by atoms with van der Waals surface area (Å²) in [6, 6.07) is 15.1. The van der Waals surface area contributed by atoms with E-state index < -0.39 is 0 Å². The smallest absolute Gasteiger partial charge is 0.251 e. The third-order valence-corrected chi connectivity index (χ3v) is 3.59. The van der Waals surface area contributed by atoms with Crippen molar-refractivity contribution in [3.8, 4) is 5.75 Å². The molecule has 1 aromatic heterocycles. The molecule has 1 amide bonds. The molecule has 0 aliphatic rings. The van der Waals surface area contributed by atoms with E-state index in [2.05, 4.69) is 5.32 Å².